The first kappa shape index (κ1) is 14.0. The van der Waals surface area contributed by atoms with Crippen molar-refractivity contribution in [3.8, 4) is 0 Å². The first-order valence-corrected chi connectivity index (χ1v) is 5.18. The van der Waals surface area contributed by atoms with E-state index in [-0.39, 0.29) is 0 Å². The first-order chi connectivity index (χ1) is 7.82. The summed E-state index contributed by atoms with van der Waals surface area (Å²) in [5, 5.41) is 0. The van der Waals surface area contributed by atoms with Crippen LogP contribution in [0.2, 0.25) is 6.82 Å². The summed E-state index contributed by atoms with van der Waals surface area (Å²) in [7, 11) is -3.00. The Morgan fingerprint density at radius 2 is 1.24 bits per heavy atom. The molecule has 1 fully saturated rings. The van der Waals surface area contributed by atoms with Crippen molar-refractivity contribution in [3.05, 3.63) is 24.3 Å². The zero-order valence-electron chi connectivity index (χ0n) is 10.2. The molecule has 0 N–H and O–H groups in total. The summed E-state index contributed by atoms with van der Waals surface area (Å²) in [5.74, 6) is 0. The minimum Gasteiger partial charge on any atom is -0.447 e. The Kier molecular flexibility index (Phi) is 4.50. The minimum atomic E-state index is -1.15. The molecule has 0 radical (unpaired) electrons. The maximum atomic E-state index is 11.6. The highest BCUT2D eigenvalue weighted by Crippen LogP contribution is 2.13. The molecule has 0 atom stereocenters. The number of carbonyl (C=O) groups is 2. The summed E-state index contributed by atoms with van der Waals surface area (Å²) in [6.07, 6.45) is 0. The van der Waals surface area contributed by atoms with Gasteiger partial charge in [0.05, 0.1) is 0 Å². The summed E-state index contributed by atoms with van der Waals surface area (Å²) in [4.78, 5) is 23.3. The van der Waals surface area contributed by atoms with Crippen LogP contribution in [0, 0.1) is 0 Å². The van der Waals surface area contributed by atoms with Crippen molar-refractivity contribution in [1.29, 1.82) is 0 Å². The van der Waals surface area contributed by atoms with E-state index >= 15 is 0 Å². The fraction of sp³-hybridized carbons (Fsp3) is 0.333. The smallest absolute Gasteiger partial charge is 0.447 e. The molecular weight excluding hydrogens is 221 g/mol. The van der Waals surface area contributed by atoms with Gasteiger partial charge in [-0.3, -0.25) is 9.59 Å². The molecule has 5 nitrogen and oxygen atoms in total. The number of hydrogen-bond donors (Lipinski definition) is 0. The van der Waals surface area contributed by atoms with Gasteiger partial charge < -0.3 is 13.7 Å². The summed E-state index contributed by atoms with van der Waals surface area (Å²) in [5.41, 5.74) is -0.212. The summed E-state index contributed by atoms with van der Waals surface area (Å²) in [6, 6.07) is 0. The Morgan fingerprint density at radius 1 is 0.882 bits per heavy atom. The zero-order chi connectivity index (χ0) is 13.2. The molecule has 0 amide bonds. The van der Waals surface area contributed by atoms with Crippen LogP contribution in [-0.2, 0) is 23.3 Å². The lowest BCUT2D eigenvalue weighted by Gasteiger charge is -2.27. The van der Waals surface area contributed by atoms with Crippen molar-refractivity contribution in [3.63, 3.8) is 0 Å². The molecule has 0 aromatic heterocycles. The van der Waals surface area contributed by atoms with Crippen LogP contribution < -0.4 is 0 Å². The van der Waals surface area contributed by atoms with Crippen molar-refractivity contribution in [2.45, 2.75) is 20.7 Å². The lowest BCUT2D eigenvalue weighted by molar-refractivity contribution is -0.111. The zero-order valence-corrected chi connectivity index (χ0v) is 10.2. The van der Waals surface area contributed by atoms with Gasteiger partial charge in [0.25, 0.3) is 0 Å². The quantitative estimate of drug-likeness (QED) is 0.523. The molecule has 0 aliphatic carbocycles. The average molecular weight is 234 g/mol. The topological polar surface area (TPSA) is 61.8 Å². The fourth-order valence-corrected chi connectivity index (χ4v) is 1.21. The van der Waals surface area contributed by atoms with Crippen LogP contribution in [0.25, 0.3) is 0 Å². The van der Waals surface area contributed by atoms with E-state index in [1.165, 1.54) is 0 Å². The lowest BCUT2D eigenvalue weighted by atomic mass is 9.64. The Hall–Kier alpha value is -1.11. The predicted octanol–water partition coefficient (Wildman–Crippen LogP) is 0.513. The Morgan fingerprint density at radius 3 is 1.53 bits per heavy atom. The molecule has 0 spiro atoms. The van der Waals surface area contributed by atoms with Crippen LogP contribution in [0.3, 0.4) is 0 Å². The molecule has 1 aliphatic rings. The summed E-state index contributed by atoms with van der Waals surface area (Å²) < 4.78 is 15.4. The van der Waals surface area contributed by atoms with Crippen molar-refractivity contribution >= 4 is 32.7 Å². The van der Waals surface area contributed by atoms with Crippen molar-refractivity contribution < 1.29 is 23.3 Å². The van der Waals surface area contributed by atoms with Crippen molar-refractivity contribution in [2.24, 2.45) is 0 Å². The van der Waals surface area contributed by atoms with E-state index in [1.54, 1.807) is 20.7 Å². The third kappa shape index (κ3) is 3.42. The molecule has 1 heterocycles. The molecule has 88 valence electrons. The number of carbonyl (C=O) groups excluding carboxylic acids is 2. The monoisotopic (exact) mass is 234 g/mol. The van der Waals surface area contributed by atoms with Gasteiger partial charge in [-0.25, -0.2) is 0 Å². The molecular formula is C9H13B3O5. The SMILES string of the molecule is C=C(C)C(=O)B1OB(C)OB(C(=O)C(=C)C)O1. The molecule has 8 heteroatoms. The maximum absolute atomic E-state index is 11.6. The number of hydrogen-bond acceptors (Lipinski definition) is 5. The fourth-order valence-electron chi connectivity index (χ4n) is 1.21. The van der Waals surface area contributed by atoms with Gasteiger partial charge in [-0.1, -0.05) is 13.2 Å². The number of rotatable bonds is 4. The minimum absolute atomic E-state index is 0.297. The molecule has 17 heavy (non-hydrogen) atoms. The molecule has 0 aromatic rings. The highest BCUT2D eigenvalue weighted by molar-refractivity contribution is 6.99. The molecule has 0 bridgehead atoms. The first-order valence-electron chi connectivity index (χ1n) is 5.18. The Balaban J connectivity index is 2.78. The molecule has 0 saturated carbocycles. The van der Waals surface area contributed by atoms with Gasteiger partial charge in [-0.15, -0.1) is 0 Å². The summed E-state index contributed by atoms with van der Waals surface area (Å²) >= 11 is 0. The van der Waals surface area contributed by atoms with Crippen LogP contribution in [0.15, 0.2) is 24.3 Å². The van der Waals surface area contributed by atoms with Crippen LogP contribution in [0.1, 0.15) is 13.8 Å². The van der Waals surface area contributed by atoms with E-state index in [2.05, 4.69) is 13.2 Å². The standard InChI is InChI=1S/C9H13B3O5/c1-6(2)8(13)11-15-10(5)16-12(17-11)9(14)7(3)4/h1,3H2,2,4-5H3. The third-order valence-electron chi connectivity index (χ3n) is 2.15. The van der Waals surface area contributed by atoms with Gasteiger partial charge >= 0.3 is 21.4 Å². The molecule has 1 aliphatic heterocycles. The van der Waals surface area contributed by atoms with Crippen LogP contribution in [0.5, 0.6) is 0 Å². The van der Waals surface area contributed by atoms with Crippen LogP contribution in [0.4, 0.5) is 0 Å². The Labute approximate surface area is 102 Å². The Bertz CT molecular complexity index is 347. The van der Waals surface area contributed by atoms with E-state index in [0.29, 0.717) is 11.1 Å². The van der Waals surface area contributed by atoms with E-state index in [9.17, 15) is 9.59 Å². The van der Waals surface area contributed by atoms with Gasteiger partial charge in [0.1, 0.15) is 0 Å². The van der Waals surface area contributed by atoms with E-state index < -0.39 is 32.7 Å². The third-order valence-corrected chi connectivity index (χ3v) is 2.15. The second kappa shape index (κ2) is 5.49. The largest absolute Gasteiger partial charge is 0.510 e. The maximum Gasteiger partial charge on any atom is 0.510 e. The molecule has 0 aromatic carbocycles. The van der Waals surface area contributed by atoms with Gasteiger partial charge in [0.2, 0.25) is 0 Å². The van der Waals surface area contributed by atoms with Crippen LogP contribution >= 0.6 is 0 Å². The van der Waals surface area contributed by atoms with E-state index in [1.807, 2.05) is 0 Å². The van der Waals surface area contributed by atoms with Crippen molar-refractivity contribution in [1.82, 2.24) is 0 Å². The molecule has 1 rings (SSSR count). The molecule has 0 unspecified atom stereocenters. The normalized spacial score (nSPS) is 15.8. The second-order valence-electron chi connectivity index (χ2n) is 3.93. The van der Waals surface area contributed by atoms with Gasteiger partial charge in [-0.2, -0.15) is 0 Å². The molecule has 1 saturated heterocycles. The highest BCUT2D eigenvalue weighted by atomic mass is 16.7. The predicted molar refractivity (Wildman–Crippen MR) is 66.0 cm³/mol. The van der Waals surface area contributed by atoms with E-state index in [0.717, 1.165) is 0 Å². The second-order valence-corrected chi connectivity index (χ2v) is 3.93. The number of allylic oxidation sites excluding steroid dienone is 2. The average Bonchev–Trinajstić information content (AvgIpc) is 2.25. The van der Waals surface area contributed by atoms with Crippen molar-refractivity contribution in [2.75, 3.05) is 0 Å². The van der Waals surface area contributed by atoms with Gasteiger partial charge in [-0.05, 0) is 31.8 Å². The van der Waals surface area contributed by atoms with E-state index in [4.69, 9.17) is 13.7 Å². The summed E-state index contributed by atoms with van der Waals surface area (Å²) in [6.45, 7) is 11.7. The van der Waals surface area contributed by atoms with Gasteiger partial charge in [0.15, 0.2) is 11.4 Å². The lowest BCUT2D eigenvalue weighted by Crippen LogP contribution is -2.54. The van der Waals surface area contributed by atoms with Gasteiger partial charge in [0, 0.05) is 0 Å². The van der Waals surface area contributed by atoms with Crippen LogP contribution in [-0.4, -0.2) is 32.7 Å². The highest BCUT2D eigenvalue weighted by Gasteiger charge is 2.46.